The molecule has 0 bridgehead atoms. The van der Waals surface area contributed by atoms with Crippen molar-refractivity contribution in [2.75, 3.05) is 40.1 Å². The predicted molar refractivity (Wildman–Crippen MR) is 118 cm³/mol. The fourth-order valence-corrected chi connectivity index (χ4v) is 3.69. The van der Waals surface area contributed by atoms with E-state index in [9.17, 15) is 10.1 Å². The molecule has 0 radical (unpaired) electrons. The van der Waals surface area contributed by atoms with Crippen molar-refractivity contribution < 1.29 is 19.0 Å². The Labute approximate surface area is 187 Å². The summed E-state index contributed by atoms with van der Waals surface area (Å²) in [5.74, 6) is 1.97. The topological polar surface area (TPSA) is 87.1 Å². The Kier molecular flexibility index (Phi) is 6.78. The van der Waals surface area contributed by atoms with Crippen LogP contribution in [0.15, 0.2) is 54.2 Å². The first kappa shape index (κ1) is 21.5. The molecule has 8 heteroatoms. The monoisotopic (exact) mass is 434 g/mol. The standard InChI is InChI=1S/C24H26N4O4/c1-30-21-5-2-18(3-6-21)14-26-24(29)20(13-25)16-28-10-8-27(9-11-28)15-19-4-7-22-23(12-19)32-17-31-22/h2-7,12,16H,8-11,14-15,17H2,1H3,(H,26,29). The quantitative estimate of drug-likeness (QED) is 0.528. The lowest BCUT2D eigenvalue weighted by molar-refractivity contribution is -0.117. The summed E-state index contributed by atoms with van der Waals surface area (Å²) in [4.78, 5) is 16.8. The molecule has 2 aliphatic rings. The zero-order chi connectivity index (χ0) is 22.3. The molecule has 8 nitrogen and oxygen atoms in total. The smallest absolute Gasteiger partial charge is 0.263 e. The summed E-state index contributed by atoms with van der Waals surface area (Å²) in [6.45, 7) is 4.64. The van der Waals surface area contributed by atoms with Crippen LogP contribution < -0.4 is 19.5 Å². The molecule has 2 aromatic rings. The summed E-state index contributed by atoms with van der Waals surface area (Å²) < 4.78 is 15.9. The fourth-order valence-electron chi connectivity index (χ4n) is 3.69. The lowest BCUT2D eigenvalue weighted by Gasteiger charge is -2.34. The molecular weight excluding hydrogens is 408 g/mol. The van der Waals surface area contributed by atoms with Gasteiger partial charge in [0, 0.05) is 45.5 Å². The molecule has 1 amide bonds. The van der Waals surface area contributed by atoms with Gasteiger partial charge in [-0.05, 0) is 35.4 Å². The lowest BCUT2D eigenvalue weighted by atomic mass is 10.1. The Morgan fingerprint density at radius 2 is 1.81 bits per heavy atom. The van der Waals surface area contributed by atoms with Crippen LogP contribution in [-0.2, 0) is 17.9 Å². The molecule has 166 valence electrons. The van der Waals surface area contributed by atoms with Crippen LogP contribution in [0.2, 0.25) is 0 Å². The highest BCUT2D eigenvalue weighted by atomic mass is 16.7. The zero-order valence-electron chi connectivity index (χ0n) is 18.0. The van der Waals surface area contributed by atoms with Crippen molar-refractivity contribution in [2.24, 2.45) is 0 Å². The third kappa shape index (κ3) is 5.31. The highest BCUT2D eigenvalue weighted by Gasteiger charge is 2.19. The lowest BCUT2D eigenvalue weighted by Crippen LogP contribution is -2.44. The summed E-state index contributed by atoms with van der Waals surface area (Å²) in [5, 5.41) is 12.3. The van der Waals surface area contributed by atoms with Gasteiger partial charge in [0.15, 0.2) is 11.5 Å². The minimum absolute atomic E-state index is 0.114. The van der Waals surface area contributed by atoms with Gasteiger partial charge in [0.25, 0.3) is 5.91 Å². The number of nitrogens with one attached hydrogen (secondary N) is 1. The molecule has 1 N–H and O–H groups in total. The van der Waals surface area contributed by atoms with E-state index in [4.69, 9.17) is 14.2 Å². The first-order chi connectivity index (χ1) is 15.6. The molecule has 1 saturated heterocycles. The predicted octanol–water partition coefficient (Wildman–Crippen LogP) is 2.27. The molecule has 1 fully saturated rings. The molecule has 0 saturated carbocycles. The van der Waals surface area contributed by atoms with Crippen molar-refractivity contribution in [3.8, 4) is 23.3 Å². The molecule has 0 aliphatic carbocycles. The number of carbonyl (C=O) groups excluding carboxylic acids is 1. The number of carbonyl (C=O) groups is 1. The number of piperazine rings is 1. The second-order valence-corrected chi connectivity index (χ2v) is 7.69. The largest absolute Gasteiger partial charge is 0.497 e. The van der Waals surface area contributed by atoms with Crippen molar-refractivity contribution in [3.63, 3.8) is 0 Å². The minimum atomic E-state index is -0.369. The first-order valence-corrected chi connectivity index (χ1v) is 10.5. The number of benzene rings is 2. The molecule has 0 atom stereocenters. The van der Waals surface area contributed by atoms with Crippen LogP contribution in [0, 0.1) is 11.3 Å². The summed E-state index contributed by atoms with van der Waals surface area (Å²) >= 11 is 0. The number of amides is 1. The maximum Gasteiger partial charge on any atom is 0.263 e. The zero-order valence-corrected chi connectivity index (χ0v) is 18.0. The van der Waals surface area contributed by atoms with E-state index in [2.05, 4.69) is 16.3 Å². The molecule has 2 aliphatic heterocycles. The van der Waals surface area contributed by atoms with E-state index < -0.39 is 0 Å². The van der Waals surface area contributed by atoms with Gasteiger partial charge in [-0.2, -0.15) is 5.26 Å². The van der Waals surface area contributed by atoms with Gasteiger partial charge in [-0.3, -0.25) is 9.69 Å². The van der Waals surface area contributed by atoms with Crippen LogP contribution in [-0.4, -0.2) is 55.8 Å². The highest BCUT2D eigenvalue weighted by Crippen LogP contribution is 2.32. The van der Waals surface area contributed by atoms with Crippen LogP contribution in [0.25, 0.3) is 0 Å². The maximum atomic E-state index is 12.5. The van der Waals surface area contributed by atoms with Crippen molar-refractivity contribution >= 4 is 5.91 Å². The number of methoxy groups -OCH3 is 1. The van der Waals surface area contributed by atoms with Gasteiger partial charge >= 0.3 is 0 Å². The van der Waals surface area contributed by atoms with Gasteiger partial charge in [-0.1, -0.05) is 18.2 Å². The average Bonchev–Trinajstić information content (AvgIpc) is 3.30. The van der Waals surface area contributed by atoms with Crippen LogP contribution >= 0.6 is 0 Å². The van der Waals surface area contributed by atoms with Crippen LogP contribution in [0.5, 0.6) is 17.2 Å². The average molecular weight is 434 g/mol. The van der Waals surface area contributed by atoms with Gasteiger partial charge in [-0.15, -0.1) is 0 Å². The normalized spacial score (nSPS) is 15.9. The van der Waals surface area contributed by atoms with E-state index in [0.29, 0.717) is 6.54 Å². The number of hydrogen-bond acceptors (Lipinski definition) is 7. The highest BCUT2D eigenvalue weighted by molar-refractivity contribution is 5.97. The van der Waals surface area contributed by atoms with Crippen LogP contribution in [0.1, 0.15) is 11.1 Å². The van der Waals surface area contributed by atoms with E-state index in [-0.39, 0.29) is 18.3 Å². The van der Waals surface area contributed by atoms with E-state index in [1.54, 1.807) is 13.3 Å². The van der Waals surface area contributed by atoms with Gasteiger partial charge in [0.05, 0.1) is 7.11 Å². The number of nitriles is 1. The molecule has 0 aromatic heterocycles. The van der Waals surface area contributed by atoms with E-state index >= 15 is 0 Å². The second-order valence-electron chi connectivity index (χ2n) is 7.69. The minimum Gasteiger partial charge on any atom is -0.497 e. The van der Waals surface area contributed by atoms with Crippen molar-refractivity contribution in [2.45, 2.75) is 13.1 Å². The Hall–Kier alpha value is -3.70. The molecule has 4 rings (SSSR count). The fraction of sp³-hybridized carbons (Fsp3) is 0.333. The Morgan fingerprint density at radius 1 is 1.09 bits per heavy atom. The number of fused-ring (bicyclic) bond motifs is 1. The van der Waals surface area contributed by atoms with E-state index in [1.807, 2.05) is 47.4 Å². The summed E-state index contributed by atoms with van der Waals surface area (Å²) in [6.07, 6.45) is 1.67. The molecule has 0 spiro atoms. The molecule has 0 unspecified atom stereocenters. The first-order valence-electron chi connectivity index (χ1n) is 10.5. The third-order valence-electron chi connectivity index (χ3n) is 5.54. The molecule has 32 heavy (non-hydrogen) atoms. The van der Waals surface area contributed by atoms with Crippen LogP contribution in [0.3, 0.4) is 0 Å². The van der Waals surface area contributed by atoms with Gasteiger partial charge in [0.2, 0.25) is 6.79 Å². The van der Waals surface area contributed by atoms with Crippen molar-refractivity contribution in [1.82, 2.24) is 15.1 Å². The summed E-state index contributed by atoms with van der Waals surface area (Å²) in [5.41, 5.74) is 2.23. The number of ether oxygens (including phenoxy) is 3. The van der Waals surface area contributed by atoms with Gasteiger partial charge in [0.1, 0.15) is 17.4 Å². The Balaban J connectivity index is 1.26. The summed E-state index contributed by atoms with van der Waals surface area (Å²) in [7, 11) is 1.61. The summed E-state index contributed by atoms with van der Waals surface area (Å²) in [6, 6.07) is 15.5. The molecule has 2 aromatic carbocycles. The third-order valence-corrected chi connectivity index (χ3v) is 5.54. The molecular formula is C24H26N4O4. The van der Waals surface area contributed by atoms with Crippen molar-refractivity contribution in [3.05, 3.63) is 65.4 Å². The SMILES string of the molecule is COc1ccc(CNC(=O)C(C#N)=CN2CCN(Cc3ccc4c(c3)OCO4)CC2)cc1. The maximum absolute atomic E-state index is 12.5. The van der Waals surface area contributed by atoms with Gasteiger partial charge in [-0.25, -0.2) is 0 Å². The molecule has 2 heterocycles. The van der Waals surface area contributed by atoms with E-state index in [0.717, 1.165) is 55.5 Å². The van der Waals surface area contributed by atoms with E-state index in [1.165, 1.54) is 5.56 Å². The van der Waals surface area contributed by atoms with Crippen LogP contribution in [0.4, 0.5) is 0 Å². The Morgan fingerprint density at radius 3 is 2.53 bits per heavy atom. The number of nitrogens with zero attached hydrogens (tertiary/aromatic N) is 3. The Bertz CT molecular complexity index is 1020. The van der Waals surface area contributed by atoms with Gasteiger partial charge < -0.3 is 24.4 Å². The number of rotatable bonds is 7. The second kappa shape index (κ2) is 10.1. The number of hydrogen-bond donors (Lipinski definition) is 1. The van der Waals surface area contributed by atoms with Crippen molar-refractivity contribution in [1.29, 1.82) is 5.26 Å².